The fraction of sp³-hybridized carbons (Fsp3) is 0.391. The monoisotopic (exact) mass is 366 g/mol. The maximum atomic E-state index is 13.1. The Hall–Kier alpha value is -2.62. The topological polar surface area (TPSA) is 49.4 Å². The molecule has 0 saturated carbocycles. The molecule has 0 heterocycles. The zero-order valence-corrected chi connectivity index (χ0v) is 16.8. The van der Waals surface area contributed by atoms with Gasteiger partial charge in [-0.2, -0.15) is 0 Å². The molecule has 4 nitrogen and oxygen atoms in total. The van der Waals surface area contributed by atoms with Gasteiger partial charge in [0.25, 0.3) is 0 Å². The van der Waals surface area contributed by atoms with Crippen LogP contribution in [0.5, 0.6) is 0 Å². The third-order valence-electron chi connectivity index (χ3n) is 4.75. The second-order valence-corrected chi connectivity index (χ2v) is 7.03. The van der Waals surface area contributed by atoms with E-state index in [2.05, 4.69) is 11.4 Å². The molecule has 4 heteroatoms. The van der Waals surface area contributed by atoms with Crippen LogP contribution in [0.2, 0.25) is 0 Å². The molecule has 0 unspecified atom stereocenters. The molecule has 0 aliphatic carbocycles. The molecule has 1 atom stereocenters. The zero-order chi connectivity index (χ0) is 19.8. The van der Waals surface area contributed by atoms with Crippen LogP contribution in [0, 0.1) is 13.8 Å². The summed E-state index contributed by atoms with van der Waals surface area (Å²) in [5, 5.41) is 2.70. The molecule has 0 aliphatic rings. The Kier molecular flexibility index (Phi) is 7.59. The molecule has 2 aromatic carbocycles. The first-order valence-electron chi connectivity index (χ1n) is 9.56. The van der Waals surface area contributed by atoms with Crippen LogP contribution in [0.4, 0.5) is 0 Å². The van der Waals surface area contributed by atoms with Crippen LogP contribution < -0.4 is 5.32 Å². The molecular weight excluding hydrogens is 336 g/mol. The minimum atomic E-state index is -0.447. The van der Waals surface area contributed by atoms with Gasteiger partial charge in [-0.3, -0.25) is 9.59 Å². The third-order valence-corrected chi connectivity index (χ3v) is 4.75. The van der Waals surface area contributed by atoms with Gasteiger partial charge in [-0.25, -0.2) is 0 Å². The average molecular weight is 367 g/mol. The molecule has 0 bridgehead atoms. The largest absolute Gasteiger partial charge is 0.357 e. The van der Waals surface area contributed by atoms with E-state index in [1.807, 2.05) is 63.2 Å². The van der Waals surface area contributed by atoms with Gasteiger partial charge in [-0.1, -0.05) is 66.6 Å². The molecule has 0 saturated heterocycles. The molecule has 144 valence electrons. The average Bonchev–Trinajstić information content (AvgIpc) is 2.64. The van der Waals surface area contributed by atoms with Gasteiger partial charge in [0.05, 0.1) is 6.42 Å². The van der Waals surface area contributed by atoms with Crippen molar-refractivity contribution in [3.63, 3.8) is 0 Å². The SMILES string of the molecule is CC[C@@H](C(=O)NC)N(CCc1ccccc1)C(=O)Cc1cc(C)cc(C)c1. The van der Waals surface area contributed by atoms with Crippen molar-refractivity contribution in [3.05, 3.63) is 70.8 Å². The summed E-state index contributed by atoms with van der Waals surface area (Å²) in [6, 6.07) is 15.8. The Morgan fingerprint density at radius 1 is 1.00 bits per heavy atom. The highest BCUT2D eigenvalue weighted by atomic mass is 16.2. The number of nitrogens with zero attached hydrogens (tertiary/aromatic N) is 1. The number of hydrogen-bond acceptors (Lipinski definition) is 2. The van der Waals surface area contributed by atoms with Crippen molar-refractivity contribution in [2.75, 3.05) is 13.6 Å². The van der Waals surface area contributed by atoms with Gasteiger partial charge in [0.15, 0.2) is 0 Å². The molecule has 2 rings (SSSR count). The number of likely N-dealkylation sites (N-methyl/N-ethyl adjacent to an activating group) is 1. The Morgan fingerprint density at radius 2 is 1.63 bits per heavy atom. The maximum absolute atomic E-state index is 13.1. The van der Waals surface area contributed by atoms with Crippen molar-refractivity contribution in [1.82, 2.24) is 10.2 Å². The molecule has 0 aromatic heterocycles. The van der Waals surface area contributed by atoms with Gasteiger partial charge in [0.1, 0.15) is 6.04 Å². The van der Waals surface area contributed by atoms with E-state index in [0.29, 0.717) is 19.4 Å². The number of hydrogen-bond donors (Lipinski definition) is 1. The molecule has 0 fully saturated rings. The molecule has 0 spiro atoms. The van der Waals surface area contributed by atoms with Gasteiger partial charge in [0, 0.05) is 13.6 Å². The van der Waals surface area contributed by atoms with Crippen molar-refractivity contribution in [1.29, 1.82) is 0 Å². The maximum Gasteiger partial charge on any atom is 0.242 e. The first-order chi connectivity index (χ1) is 12.9. The van der Waals surface area contributed by atoms with Crippen LogP contribution in [0.25, 0.3) is 0 Å². The van der Waals surface area contributed by atoms with E-state index in [-0.39, 0.29) is 11.8 Å². The minimum absolute atomic E-state index is 0.00798. The normalized spacial score (nSPS) is 11.7. The number of aryl methyl sites for hydroxylation is 2. The standard InChI is InChI=1S/C23H30N2O2/c1-5-21(23(27)24-4)25(12-11-19-9-7-6-8-10-19)22(26)16-20-14-17(2)13-18(3)15-20/h6-10,13-15,21H,5,11-12,16H2,1-4H3,(H,24,27)/t21-/m0/s1. The molecule has 0 aliphatic heterocycles. The Balaban J connectivity index is 2.20. The molecule has 0 radical (unpaired) electrons. The van der Waals surface area contributed by atoms with Gasteiger partial charge in [-0.05, 0) is 37.8 Å². The summed E-state index contributed by atoms with van der Waals surface area (Å²) < 4.78 is 0. The summed E-state index contributed by atoms with van der Waals surface area (Å²) in [5.74, 6) is -0.120. The molecular formula is C23H30N2O2. The first-order valence-corrected chi connectivity index (χ1v) is 9.56. The van der Waals surface area contributed by atoms with Crippen LogP contribution in [-0.2, 0) is 22.4 Å². The third kappa shape index (κ3) is 5.95. The van der Waals surface area contributed by atoms with Crippen molar-refractivity contribution in [2.45, 2.75) is 46.1 Å². The summed E-state index contributed by atoms with van der Waals surface area (Å²) in [4.78, 5) is 27.2. The molecule has 2 aromatic rings. The van der Waals surface area contributed by atoms with E-state index in [9.17, 15) is 9.59 Å². The summed E-state index contributed by atoms with van der Waals surface area (Å²) >= 11 is 0. The summed E-state index contributed by atoms with van der Waals surface area (Å²) in [6.07, 6.45) is 1.63. The molecule has 2 amide bonds. The van der Waals surface area contributed by atoms with Crippen LogP contribution in [-0.4, -0.2) is 36.3 Å². The van der Waals surface area contributed by atoms with Crippen molar-refractivity contribution < 1.29 is 9.59 Å². The number of amides is 2. The van der Waals surface area contributed by atoms with Crippen LogP contribution in [0.15, 0.2) is 48.5 Å². The van der Waals surface area contributed by atoms with Crippen molar-refractivity contribution >= 4 is 11.8 Å². The fourth-order valence-electron chi connectivity index (χ4n) is 3.51. The van der Waals surface area contributed by atoms with Gasteiger partial charge < -0.3 is 10.2 Å². The highest BCUT2D eigenvalue weighted by molar-refractivity contribution is 5.88. The lowest BCUT2D eigenvalue weighted by atomic mass is 10.0. The minimum Gasteiger partial charge on any atom is -0.357 e. The van der Waals surface area contributed by atoms with Crippen molar-refractivity contribution in [2.24, 2.45) is 0 Å². The first kappa shape index (κ1) is 20.7. The Bertz CT molecular complexity index is 751. The lowest BCUT2D eigenvalue weighted by Crippen LogP contribution is -2.49. The fourth-order valence-corrected chi connectivity index (χ4v) is 3.51. The number of carbonyl (C=O) groups is 2. The number of rotatable bonds is 8. The highest BCUT2D eigenvalue weighted by Crippen LogP contribution is 2.14. The Morgan fingerprint density at radius 3 is 2.19 bits per heavy atom. The lowest BCUT2D eigenvalue weighted by Gasteiger charge is -2.30. The van der Waals surface area contributed by atoms with E-state index in [0.717, 1.165) is 28.7 Å². The van der Waals surface area contributed by atoms with E-state index < -0.39 is 6.04 Å². The number of carbonyl (C=O) groups excluding carboxylic acids is 2. The smallest absolute Gasteiger partial charge is 0.242 e. The van der Waals surface area contributed by atoms with Crippen LogP contribution in [0.1, 0.15) is 35.6 Å². The summed E-state index contributed by atoms with van der Waals surface area (Å²) in [5.41, 5.74) is 4.45. The number of benzene rings is 2. The predicted octanol–water partition coefficient (Wildman–Crippen LogP) is 3.44. The van der Waals surface area contributed by atoms with E-state index in [1.165, 1.54) is 0 Å². The molecule has 1 N–H and O–H groups in total. The van der Waals surface area contributed by atoms with Gasteiger partial charge >= 0.3 is 0 Å². The predicted molar refractivity (Wildman–Crippen MR) is 110 cm³/mol. The summed E-state index contributed by atoms with van der Waals surface area (Å²) in [6.45, 7) is 6.54. The second kappa shape index (κ2) is 9.91. The lowest BCUT2D eigenvalue weighted by molar-refractivity contribution is -0.140. The van der Waals surface area contributed by atoms with E-state index >= 15 is 0 Å². The highest BCUT2D eigenvalue weighted by Gasteiger charge is 2.27. The van der Waals surface area contributed by atoms with Crippen molar-refractivity contribution in [3.8, 4) is 0 Å². The Labute approximate surface area is 162 Å². The van der Waals surface area contributed by atoms with Gasteiger partial charge in [-0.15, -0.1) is 0 Å². The van der Waals surface area contributed by atoms with E-state index in [4.69, 9.17) is 0 Å². The van der Waals surface area contributed by atoms with Crippen LogP contribution in [0.3, 0.4) is 0 Å². The molecule has 27 heavy (non-hydrogen) atoms. The zero-order valence-electron chi connectivity index (χ0n) is 16.8. The quantitative estimate of drug-likeness (QED) is 0.778. The van der Waals surface area contributed by atoms with Gasteiger partial charge in [0.2, 0.25) is 11.8 Å². The summed E-state index contributed by atoms with van der Waals surface area (Å²) in [7, 11) is 1.62. The van der Waals surface area contributed by atoms with Crippen LogP contribution >= 0.6 is 0 Å². The number of nitrogens with one attached hydrogen (secondary N) is 1. The second-order valence-electron chi connectivity index (χ2n) is 7.03. The van der Waals surface area contributed by atoms with E-state index in [1.54, 1.807) is 11.9 Å².